The van der Waals surface area contributed by atoms with Crippen molar-refractivity contribution < 1.29 is 27.8 Å². The third-order valence-electron chi connectivity index (χ3n) is 3.68. The number of amides is 1. The summed E-state index contributed by atoms with van der Waals surface area (Å²) in [7, 11) is 1.49. The topological polar surface area (TPSA) is 64.6 Å². The van der Waals surface area contributed by atoms with E-state index >= 15 is 0 Å². The lowest BCUT2D eigenvalue weighted by atomic mass is 10.0. The van der Waals surface area contributed by atoms with E-state index in [0.29, 0.717) is 16.9 Å². The van der Waals surface area contributed by atoms with Crippen LogP contribution in [0.1, 0.15) is 28.4 Å². The molecule has 26 heavy (non-hydrogen) atoms. The average Bonchev–Trinajstić information content (AvgIpc) is 2.60. The van der Waals surface area contributed by atoms with Crippen molar-refractivity contribution in [2.75, 3.05) is 7.11 Å². The van der Waals surface area contributed by atoms with Crippen molar-refractivity contribution in [3.63, 3.8) is 0 Å². The van der Waals surface area contributed by atoms with Crippen LogP contribution in [0, 0.1) is 0 Å². The quantitative estimate of drug-likeness (QED) is 0.731. The largest absolute Gasteiger partial charge is 0.496 e. The van der Waals surface area contributed by atoms with Crippen LogP contribution in [-0.2, 0) is 17.8 Å². The van der Waals surface area contributed by atoms with Gasteiger partial charge in [0.25, 0.3) is 0 Å². The fraction of sp³-hybridized carbons (Fsp3) is 0.263. The zero-order valence-corrected chi connectivity index (χ0v) is 14.4. The maximum Gasteiger partial charge on any atom is 0.387 e. The van der Waals surface area contributed by atoms with E-state index in [1.807, 2.05) is 0 Å². The van der Waals surface area contributed by atoms with E-state index < -0.39 is 6.61 Å². The van der Waals surface area contributed by atoms with E-state index in [1.54, 1.807) is 30.3 Å². The van der Waals surface area contributed by atoms with Gasteiger partial charge in [0.05, 0.1) is 13.5 Å². The number of halogens is 2. The molecule has 0 saturated carbocycles. The molecule has 2 aromatic carbocycles. The molecule has 0 spiro atoms. The molecule has 1 N–H and O–H groups in total. The molecule has 0 saturated heterocycles. The van der Waals surface area contributed by atoms with Crippen molar-refractivity contribution in [1.82, 2.24) is 5.32 Å². The normalized spacial score (nSPS) is 10.5. The van der Waals surface area contributed by atoms with Crippen LogP contribution in [-0.4, -0.2) is 25.4 Å². The van der Waals surface area contributed by atoms with Gasteiger partial charge < -0.3 is 14.8 Å². The zero-order chi connectivity index (χ0) is 19.1. The fourth-order valence-electron chi connectivity index (χ4n) is 2.36. The number of nitrogens with one attached hydrogen (secondary N) is 1. The van der Waals surface area contributed by atoms with E-state index in [0.717, 1.165) is 5.56 Å². The molecule has 138 valence electrons. The van der Waals surface area contributed by atoms with Gasteiger partial charge in [-0.25, -0.2) is 0 Å². The van der Waals surface area contributed by atoms with Crippen LogP contribution in [0.3, 0.4) is 0 Å². The maximum absolute atomic E-state index is 12.2. The first-order chi connectivity index (χ1) is 12.4. The van der Waals surface area contributed by atoms with Crippen LogP contribution in [0.15, 0.2) is 42.5 Å². The molecule has 0 unspecified atom stereocenters. The minimum Gasteiger partial charge on any atom is -0.496 e. The highest BCUT2D eigenvalue weighted by atomic mass is 19.3. The second kappa shape index (κ2) is 8.94. The number of ether oxygens (including phenoxy) is 2. The smallest absolute Gasteiger partial charge is 0.387 e. The van der Waals surface area contributed by atoms with Crippen LogP contribution in [0.5, 0.6) is 11.5 Å². The Balaban J connectivity index is 1.96. The highest BCUT2D eigenvalue weighted by Gasteiger charge is 2.11. The molecule has 7 heteroatoms. The minimum absolute atomic E-state index is 0.0525. The maximum atomic E-state index is 12.2. The van der Waals surface area contributed by atoms with Crippen LogP contribution in [0.2, 0.25) is 0 Å². The summed E-state index contributed by atoms with van der Waals surface area (Å²) in [6.07, 6.45) is 0.0525. The number of alkyl halides is 2. The van der Waals surface area contributed by atoms with E-state index in [4.69, 9.17) is 4.74 Å². The van der Waals surface area contributed by atoms with Crippen molar-refractivity contribution in [3.05, 3.63) is 59.2 Å². The lowest BCUT2D eigenvalue weighted by Crippen LogP contribution is -2.24. The summed E-state index contributed by atoms with van der Waals surface area (Å²) in [5.74, 6) is 0.233. The summed E-state index contributed by atoms with van der Waals surface area (Å²) in [6, 6.07) is 10.9. The number of hydrogen-bond donors (Lipinski definition) is 1. The van der Waals surface area contributed by atoms with Gasteiger partial charge in [-0.15, -0.1) is 0 Å². The molecule has 2 rings (SSSR count). The molecule has 1 amide bonds. The fourth-order valence-corrected chi connectivity index (χ4v) is 2.36. The predicted molar refractivity (Wildman–Crippen MR) is 91.6 cm³/mol. The van der Waals surface area contributed by atoms with Crippen molar-refractivity contribution in [2.24, 2.45) is 0 Å². The molecule has 0 atom stereocenters. The molecule has 0 fully saturated rings. The first-order valence-electron chi connectivity index (χ1n) is 7.87. The number of hydrogen-bond acceptors (Lipinski definition) is 4. The summed E-state index contributed by atoms with van der Waals surface area (Å²) in [5, 5.41) is 2.74. The third kappa shape index (κ3) is 5.54. The highest BCUT2D eigenvalue weighted by molar-refractivity contribution is 5.94. The summed E-state index contributed by atoms with van der Waals surface area (Å²) in [5.41, 5.74) is 1.85. The van der Waals surface area contributed by atoms with Gasteiger partial charge in [0, 0.05) is 17.7 Å². The predicted octanol–water partition coefficient (Wildman–Crippen LogP) is 3.36. The Bertz CT molecular complexity index is 776. The molecule has 2 aromatic rings. The molecule has 0 aliphatic rings. The second-order valence-electron chi connectivity index (χ2n) is 5.56. The first-order valence-corrected chi connectivity index (χ1v) is 7.87. The molecule has 0 aromatic heterocycles. The number of rotatable bonds is 8. The van der Waals surface area contributed by atoms with Crippen LogP contribution in [0.25, 0.3) is 0 Å². The number of benzene rings is 2. The van der Waals surface area contributed by atoms with E-state index in [2.05, 4.69) is 10.1 Å². The Kier molecular flexibility index (Phi) is 6.66. The zero-order valence-electron chi connectivity index (χ0n) is 14.4. The Morgan fingerprint density at radius 1 is 1.12 bits per heavy atom. The number of carbonyl (C=O) groups is 2. The Morgan fingerprint density at radius 2 is 1.81 bits per heavy atom. The van der Waals surface area contributed by atoms with Crippen molar-refractivity contribution in [1.29, 1.82) is 0 Å². The standard InChI is InChI=1S/C19H19F2NO4/c1-12(23)14-5-8-17(25-2)15(9-14)10-18(24)22-11-13-3-6-16(7-4-13)26-19(20)21/h3-9,19H,10-11H2,1-2H3,(H,22,24). The van der Waals surface area contributed by atoms with Gasteiger partial charge in [0.15, 0.2) is 5.78 Å². The van der Waals surface area contributed by atoms with Gasteiger partial charge in [0.2, 0.25) is 5.91 Å². The van der Waals surface area contributed by atoms with Crippen LogP contribution in [0.4, 0.5) is 8.78 Å². The number of ketones is 1. The summed E-state index contributed by atoms with van der Waals surface area (Å²) >= 11 is 0. The van der Waals surface area contributed by atoms with E-state index in [1.165, 1.54) is 26.2 Å². The Labute approximate surface area is 149 Å². The third-order valence-corrected chi connectivity index (χ3v) is 3.68. The van der Waals surface area contributed by atoms with Gasteiger partial charge >= 0.3 is 6.61 Å². The molecular formula is C19H19F2NO4. The molecule has 0 heterocycles. The van der Waals surface area contributed by atoms with Gasteiger partial charge in [0.1, 0.15) is 11.5 Å². The molecular weight excluding hydrogens is 344 g/mol. The molecule has 5 nitrogen and oxygen atoms in total. The van der Waals surface area contributed by atoms with E-state index in [-0.39, 0.29) is 30.4 Å². The first kappa shape index (κ1) is 19.4. The highest BCUT2D eigenvalue weighted by Crippen LogP contribution is 2.21. The molecule has 0 aliphatic heterocycles. The van der Waals surface area contributed by atoms with Crippen LogP contribution >= 0.6 is 0 Å². The lowest BCUT2D eigenvalue weighted by Gasteiger charge is -2.11. The molecule has 0 aliphatic carbocycles. The van der Waals surface area contributed by atoms with Gasteiger partial charge in [-0.05, 0) is 42.8 Å². The van der Waals surface area contributed by atoms with Gasteiger partial charge in [-0.1, -0.05) is 12.1 Å². The van der Waals surface area contributed by atoms with Crippen molar-refractivity contribution in [3.8, 4) is 11.5 Å². The number of methoxy groups -OCH3 is 1. The monoisotopic (exact) mass is 363 g/mol. The van der Waals surface area contributed by atoms with Crippen molar-refractivity contribution in [2.45, 2.75) is 26.5 Å². The lowest BCUT2D eigenvalue weighted by molar-refractivity contribution is -0.120. The van der Waals surface area contributed by atoms with Crippen LogP contribution < -0.4 is 14.8 Å². The van der Waals surface area contributed by atoms with Crippen molar-refractivity contribution >= 4 is 11.7 Å². The Morgan fingerprint density at radius 3 is 2.38 bits per heavy atom. The van der Waals surface area contributed by atoms with Gasteiger partial charge in [-0.2, -0.15) is 8.78 Å². The number of carbonyl (C=O) groups excluding carboxylic acids is 2. The summed E-state index contributed by atoms with van der Waals surface area (Å²) in [4.78, 5) is 23.7. The van der Waals surface area contributed by atoms with E-state index in [9.17, 15) is 18.4 Å². The Hall–Kier alpha value is -2.96. The number of Topliss-reactive ketones (excluding diaryl/α,β-unsaturated/α-hetero) is 1. The second-order valence-corrected chi connectivity index (χ2v) is 5.56. The minimum atomic E-state index is -2.87. The average molecular weight is 363 g/mol. The molecule has 0 bridgehead atoms. The summed E-state index contributed by atoms with van der Waals surface area (Å²) in [6.45, 7) is -1.18. The van der Waals surface area contributed by atoms with Gasteiger partial charge in [-0.3, -0.25) is 9.59 Å². The summed E-state index contributed by atoms with van der Waals surface area (Å²) < 4.78 is 33.7. The SMILES string of the molecule is COc1ccc(C(C)=O)cc1CC(=O)NCc1ccc(OC(F)F)cc1. The molecule has 0 radical (unpaired) electrons.